The minimum atomic E-state index is -2.94. The summed E-state index contributed by atoms with van der Waals surface area (Å²) in [6, 6.07) is 11.1. The van der Waals surface area contributed by atoms with E-state index in [9.17, 15) is 13.6 Å². The largest absolute Gasteiger partial charge is 0.497 e. The van der Waals surface area contributed by atoms with Gasteiger partial charge in [0.15, 0.2) is 0 Å². The molecule has 0 saturated heterocycles. The van der Waals surface area contributed by atoms with Crippen molar-refractivity contribution in [2.45, 2.75) is 6.61 Å². The van der Waals surface area contributed by atoms with Gasteiger partial charge in [-0.15, -0.1) is 0 Å². The van der Waals surface area contributed by atoms with E-state index in [4.69, 9.17) is 9.47 Å². The third-order valence-electron chi connectivity index (χ3n) is 3.17. The molecule has 0 unspecified atom stereocenters. The summed E-state index contributed by atoms with van der Waals surface area (Å²) >= 11 is 0. The van der Waals surface area contributed by atoms with Crippen molar-refractivity contribution in [2.24, 2.45) is 0 Å². The second-order valence-corrected chi connectivity index (χ2v) is 4.84. The number of carbonyl (C=O) groups is 1. The fraction of sp³-hybridized carbons (Fsp3) is 0.167. The van der Waals surface area contributed by atoms with Crippen molar-refractivity contribution in [1.29, 1.82) is 0 Å². The molecule has 0 heterocycles. The number of nitrogens with one attached hydrogen (secondary N) is 1. The van der Waals surface area contributed by atoms with Gasteiger partial charge in [-0.3, -0.25) is 4.79 Å². The van der Waals surface area contributed by atoms with Gasteiger partial charge < -0.3 is 19.5 Å². The Labute approximate surface area is 143 Å². The zero-order valence-corrected chi connectivity index (χ0v) is 13.7. The molecule has 2 rings (SSSR count). The average Bonchev–Trinajstić information content (AvgIpc) is 2.60. The van der Waals surface area contributed by atoms with Gasteiger partial charge in [0, 0.05) is 35.5 Å². The van der Waals surface area contributed by atoms with Crippen LogP contribution < -0.4 is 19.5 Å². The molecule has 0 radical (unpaired) electrons. The molecule has 0 aromatic heterocycles. The van der Waals surface area contributed by atoms with Crippen molar-refractivity contribution in [3.8, 4) is 17.2 Å². The summed E-state index contributed by atoms with van der Waals surface area (Å²) in [7, 11) is 3.00. The van der Waals surface area contributed by atoms with E-state index in [0.717, 1.165) is 0 Å². The standard InChI is InChI=1S/C18H17F2NO4/c1-23-14-9-13(10-15(11-14)24-2)21-17(22)8-7-12-5-3-4-6-16(12)25-18(19)20/h3-11,18H,1-2H3,(H,21,22). The molecule has 25 heavy (non-hydrogen) atoms. The molecule has 1 N–H and O–H groups in total. The van der Waals surface area contributed by atoms with Crippen LogP contribution in [0.4, 0.5) is 14.5 Å². The summed E-state index contributed by atoms with van der Waals surface area (Å²) in [5, 5.41) is 2.65. The lowest BCUT2D eigenvalue weighted by molar-refractivity contribution is -0.111. The lowest BCUT2D eigenvalue weighted by atomic mass is 10.2. The van der Waals surface area contributed by atoms with Gasteiger partial charge in [0.1, 0.15) is 17.2 Å². The second-order valence-electron chi connectivity index (χ2n) is 4.84. The lowest BCUT2D eigenvalue weighted by Crippen LogP contribution is -2.08. The molecule has 0 saturated carbocycles. The molecule has 0 aliphatic carbocycles. The van der Waals surface area contributed by atoms with Crippen molar-refractivity contribution < 1.29 is 27.8 Å². The number of anilines is 1. The van der Waals surface area contributed by atoms with Crippen LogP contribution in [0.15, 0.2) is 48.5 Å². The molecule has 0 spiro atoms. The second kappa shape index (κ2) is 8.68. The highest BCUT2D eigenvalue weighted by Gasteiger charge is 2.08. The number of amides is 1. The Morgan fingerprint density at radius 3 is 2.32 bits per heavy atom. The van der Waals surface area contributed by atoms with Gasteiger partial charge in [-0.1, -0.05) is 18.2 Å². The highest BCUT2D eigenvalue weighted by Crippen LogP contribution is 2.26. The van der Waals surface area contributed by atoms with Gasteiger partial charge >= 0.3 is 6.61 Å². The van der Waals surface area contributed by atoms with E-state index in [0.29, 0.717) is 22.7 Å². The predicted octanol–water partition coefficient (Wildman–Crippen LogP) is 3.96. The van der Waals surface area contributed by atoms with E-state index in [1.165, 1.54) is 32.4 Å². The summed E-state index contributed by atoms with van der Waals surface area (Å²) in [6.45, 7) is -2.94. The monoisotopic (exact) mass is 349 g/mol. The highest BCUT2D eigenvalue weighted by molar-refractivity contribution is 6.02. The first kappa shape index (κ1) is 18.3. The van der Waals surface area contributed by atoms with Crippen LogP contribution >= 0.6 is 0 Å². The smallest absolute Gasteiger partial charge is 0.387 e. The number of methoxy groups -OCH3 is 2. The molecule has 0 fully saturated rings. The van der Waals surface area contributed by atoms with Gasteiger partial charge in [0.05, 0.1) is 14.2 Å². The first-order valence-corrected chi connectivity index (χ1v) is 7.28. The van der Waals surface area contributed by atoms with E-state index in [2.05, 4.69) is 10.1 Å². The van der Waals surface area contributed by atoms with Crippen molar-refractivity contribution in [1.82, 2.24) is 0 Å². The summed E-state index contributed by atoms with van der Waals surface area (Å²) in [6.07, 6.45) is 2.62. The topological polar surface area (TPSA) is 56.8 Å². The molecule has 0 bridgehead atoms. The number of hydrogen-bond donors (Lipinski definition) is 1. The highest BCUT2D eigenvalue weighted by atomic mass is 19.3. The van der Waals surface area contributed by atoms with Crippen LogP contribution in [0.3, 0.4) is 0 Å². The maximum atomic E-state index is 12.4. The zero-order valence-electron chi connectivity index (χ0n) is 13.7. The van der Waals surface area contributed by atoms with Gasteiger partial charge in [-0.25, -0.2) is 0 Å². The van der Waals surface area contributed by atoms with E-state index in [1.54, 1.807) is 36.4 Å². The Morgan fingerprint density at radius 2 is 1.72 bits per heavy atom. The molecule has 0 aliphatic heterocycles. The summed E-state index contributed by atoms with van der Waals surface area (Å²) < 4.78 is 39.4. The molecular formula is C18H17F2NO4. The molecule has 7 heteroatoms. The van der Waals surface area contributed by atoms with Crippen LogP contribution in [-0.4, -0.2) is 26.7 Å². The predicted molar refractivity (Wildman–Crippen MR) is 90.3 cm³/mol. The number of hydrogen-bond acceptors (Lipinski definition) is 4. The third kappa shape index (κ3) is 5.49. The van der Waals surface area contributed by atoms with E-state index < -0.39 is 12.5 Å². The molecule has 2 aromatic carbocycles. The van der Waals surface area contributed by atoms with Crippen LogP contribution in [0.2, 0.25) is 0 Å². The van der Waals surface area contributed by atoms with Crippen LogP contribution in [0.5, 0.6) is 17.2 Å². The minimum Gasteiger partial charge on any atom is -0.497 e. The number of benzene rings is 2. The number of alkyl halides is 2. The van der Waals surface area contributed by atoms with Crippen LogP contribution in [0, 0.1) is 0 Å². The first-order valence-electron chi connectivity index (χ1n) is 7.28. The molecular weight excluding hydrogens is 332 g/mol. The van der Waals surface area contributed by atoms with Crippen LogP contribution in [-0.2, 0) is 4.79 Å². The maximum absolute atomic E-state index is 12.4. The van der Waals surface area contributed by atoms with Crippen molar-refractivity contribution in [2.75, 3.05) is 19.5 Å². The number of carbonyl (C=O) groups excluding carboxylic acids is 1. The number of para-hydroxylation sites is 1. The molecule has 1 amide bonds. The SMILES string of the molecule is COc1cc(NC(=O)C=Cc2ccccc2OC(F)F)cc(OC)c1. The summed E-state index contributed by atoms with van der Waals surface area (Å²) in [5.41, 5.74) is 0.837. The summed E-state index contributed by atoms with van der Waals surface area (Å²) in [4.78, 5) is 12.1. The molecule has 0 atom stereocenters. The summed E-state index contributed by atoms with van der Waals surface area (Å²) in [5.74, 6) is 0.593. The normalized spacial score (nSPS) is 10.8. The Kier molecular flexibility index (Phi) is 6.33. The lowest BCUT2D eigenvalue weighted by Gasteiger charge is -2.09. The minimum absolute atomic E-state index is 0.00963. The van der Waals surface area contributed by atoms with E-state index in [1.807, 2.05) is 0 Å². The van der Waals surface area contributed by atoms with E-state index in [-0.39, 0.29) is 5.75 Å². The first-order chi connectivity index (χ1) is 12.0. The Hall–Kier alpha value is -3.09. The zero-order chi connectivity index (χ0) is 18.2. The molecule has 0 aliphatic rings. The number of halogens is 2. The van der Waals surface area contributed by atoms with Crippen molar-refractivity contribution in [3.63, 3.8) is 0 Å². The Morgan fingerprint density at radius 1 is 1.08 bits per heavy atom. The number of rotatable bonds is 7. The van der Waals surface area contributed by atoms with E-state index >= 15 is 0 Å². The fourth-order valence-electron chi connectivity index (χ4n) is 2.05. The van der Waals surface area contributed by atoms with Gasteiger partial charge in [0.2, 0.25) is 5.91 Å². The van der Waals surface area contributed by atoms with Crippen molar-refractivity contribution in [3.05, 3.63) is 54.1 Å². The van der Waals surface area contributed by atoms with Crippen LogP contribution in [0.1, 0.15) is 5.56 Å². The molecule has 2 aromatic rings. The maximum Gasteiger partial charge on any atom is 0.387 e. The fourth-order valence-corrected chi connectivity index (χ4v) is 2.05. The third-order valence-corrected chi connectivity index (χ3v) is 3.17. The van der Waals surface area contributed by atoms with Gasteiger partial charge in [-0.2, -0.15) is 8.78 Å². The number of ether oxygens (including phenoxy) is 3. The Balaban J connectivity index is 2.11. The molecule has 5 nitrogen and oxygen atoms in total. The van der Waals surface area contributed by atoms with Gasteiger partial charge in [0.25, 0.3) is 0 Å². The molecule has 132 valence electrons. The Bertz CT molecular complexity index is 740. The van der Waals surface area contributed by atoms with Gasteiger partial charge in [-0.05, 0) is 12.1 Å². The van der Waals surface area contributed by atoms with Crippen molar-refractivity contribution >= 4 is 17.7 Å². The van der Waals surface area contributed by atoms with Crippen LogP contribution in [0.25, 0.3) is 6.08 Å². The quantitative estimate of drug-likeness (QED) is 0.769. The average molecular weight is 349 g/mol.